The van der Waals surface area contributed by atoms with Crippen LogP contribution in [0.1, 0.15) is 0 Å². The van der Waals surface area contributed by atoms with Gasteiger partial charge in [0.05, 0.1) is 0 Å². The second kappa shape index (κ2) is 2.40. The van der Waals surface area contributed by atoms with Gasteiger partial charge in [-0.2, -0.15) is 0 Å². The Kier molecular flexibility index (Phi) is 1.57. The predicted molar refractivity (Wildman–Crippen MR) is 31.8 cm³/mol. The van der Waals surface area contributed by atoms with Crippen molar-refractivity contribution in [1.29, 1.82) is 0 Å². The standard InChI is InChI=1S/C6H9N2/c1-2-5-8-6-3-4-7-8/h2-3,6H,1,4-5H2/q+1. The Labute approximate surface area is 48.8 Å². The van der Waals surface area contributed by atoms with E-state index in [0.29, 0.717) is 0 Å². The molecule has 0 amide bonds. The van der Waals surface area contributed by atoms with E-state index in [1.807, 2.05) is 23.0 Å². The summed E-state index contributed by atoms with van der Waals surface area (Å²) in [7, 11) is 0. The molecule has 0 aromatic carbocycles. The van der Waals surface area contributed by atoms with Gasteiger partial charge in [-0.15, -0.1) is 0 Å². The molecule has 0 bridgehead atoms. The largest absolute Gasteiger partial charge is 0.194 e. The molecular weight excluding hydrogens is 100 g/mol. The van der Waals surface area contributed by atoms with Crippen LogP contribution in [0.2, 0.25) is 0 Å². The van der Waals surface area contributed by atoms with E-state index in [1.165, 1.54) is 0 Å². The van der Waals surface area contributed by atoms with Crippen LogP contribution >= 0.6 is 0 Å². The molecule has 1 aliphatic heterocycles. The van der Waals surface area contributed by atoms with Crippen LogP contribution < -0.4 is 0 Å². The fourth-order valence-corrected chi connectivity index (χ4v) is 0.619. The quantitative estimate of drug-likeness (QED) is 0.373. The van der Waals surface area contributed by atoms with Crippen molar-refractivity contribution < 1.29 is 4.70 Å². The summed E-state index contributed by atoms with van der Waals surface area (Å²) in [6, 6.07) is 0. The zero-order valence-corrected chi connectivity index (χ0v) is 4.75. The number of rotatable bonds is 2. The maximum atomic E-state index is 4.08. The van der Waals surface area contributed by atoms with Crippen molar-refractivity contribution >= 4 is 0 Å². The first-order chi connectivity index (χ1) is 3.93. The van der Waals surface area contributed by atoms with E-state index >= 15 is 0 Å². The molecule has 1 aliphatic rings. The van der Waals surface area contributed by atoms with Crippen LogP contribution in [0.15, 0.2) is 30.0 Å². The summed E-state index contributed by atoms with van der Waals surface area (Å²) in [4.78, 5) is 0. The van der Waals surface area contributed by atoms with Crippen molar-refractivity contribution in [2.75, 3.05) is 13.1 Å². The SMILES string of the molecule is C=CC[N+]1=NCC=C1. The molecular formula is C6H9N2+. The van der Waals surface area contributed by atoms with Crippen LogP contribution in [0.5, 0.6) is 0 Å². The van der Waals surface area contributed by atoms with Crippen molar-refractivity contribution in [3.8, 4) is 0 Å². The predicted octanol–water partition coefficient (Wildman–Crippen LogP) is 1.16. The molecule has 0 unspecified atom stereocenters. The van der Waals surface area contributed by atoms with Crippen LogP contribution in [0.4, 0.5) is 0 Å². The van der Waals surface area contributed by atoms with Crippen LogP contribution in [-0.2, 0) is 0 Å². The van der Waals surface area contributed by atoms with Gasteiger partial charge in [-0.1, -0.05) is 11.3 Å². The van der Waals surface area contributed by atoms with Gasteiger partial charge in [0.2, 0.25) is 0 Å². The molecule has 2 nitrogen and oxygen atoms in total. The molecule has 1 heterocycles. The number of hydrogen-bond acceptors (Lipinski definition) is 1. The Balaban J connectivity index is 2.45. The first-order valence-corrected chi connectivity index (χ1v) is 2.65. The molecule has 8 heavy (non-hydrogen) atoms. The highest BCUT2D eigenvalue weighted by molar-refractivity contribution is 4.78. The highest BCUT2D eigenvalue weighted by atomic mass is 15.3. The lowest BCUT2D eigenvalue weighted by molar-refractivity contribution is -0.512. The minimum absolute atomic E-state index is 0.827. The monoisotopic (exact) mass is 109 g/mol. The van der Waals surface area contributed by atoms with Crippen molar-refractivity contribution in [3.63, 3.8) is 0 Å². The summed E-state index contributed by atoms with van der Waals surface area (Å²) in [5.41, 5.74) is 0. The van der Waals surface area contributed by atoms with Gasteiger partial charge < -0.3 is 0 Å². The Morgan fingerprint density at radius 2 is 2.75 bits per heavy atom. The summed E-state index contributed by atoms with van der Waals surface area (Å²) in [6.45, 7) is 5.25. The third-order valence-electron chi connectivity index (χ3n) is 0.962. The van der Waals surface area contributed by atoms with E-state index in [1.54, 1.807) is 0 Å². The van der Waals surface area contributed by atoms with Gasteiger partial charge in [0, 0.05) is 6.08 Å². The van der Waals surface area contributed by atoms with Crippen molar-refractivity contribution in [2.45, 2.75) is 0 Å². The third kappa shape index (κ3) is 1.03. The van der Waals surface area contributed by atoms with Gasteiger partial charge in [0.15, 0.2) is 12.7 Å². The van der Waals surface area contributed by atoms with Crippen molar-refractivity contribution in [3.05, 3.63) is 24.9 Å². The zero-order valence-electron chi connectivity index (χ0n) is 4.75. The van der Waals surface area contributed by atoms with E-state index in [4.69, 9.17) is 0 Å². The molecule has 0 N–H and O–H groups in total. The minimum atomic E-state index is 0.827. The summed E-state index contributed by atoms with van der Waals surface area (Å²) < 4.78 is 1.87. The van der Waals surface area contributed by atoms with Gasteiger partial charge in [0.25, 0.3) is 0 Å². The summed E-state index contributed by atoms with van der Waals surface area (Å²) in [5, 5.41) is 4.08. The molecule has 0 fully saturated rings. The van der Waals surface area contributed by atoms with Gasteiger partial charge >= 0.3 is 0 Å². The first kappa shape index (κ1) is 5.22. The van der Waals surface area contributed by atoms with E-state index in [-0.39, 0.29) is 0 Å². The van der Waals surface area contributed by atoms with E-state index in [0.717, 1.165) is 13.1 Å². The summed E-state index contributed by atoms with van der Waals surface area (Å²) in [5.74, 6) is 0. The van der Waals surface area contributed by atoms with E-state index < -0.39 is 0 Å². The molecule has 42 valence electrons. The van der Waals surface area contributed by atoms with Gasteiger partial charge in [0.1, 0.15) is 6.54 Å². The molecule has 0 saturated carbocycles. The minimum Gasteiger partial charge on any atom is -0.0968 e. The summed E-state index contributed by atoms with van der Waals surface area (Å²) in [6.07, 6.45) is 5.81. The molecule has 0 aromatic heterocycles. The maximum absolute atomic E-state index is 4.08. The average Bonchev–Trinajstić information content (AvgIpc) is 2.19. The Morgan fingerprint density at radius 3 is 3.25 bits per heavy atom. The molecule has 0 aromatic rings. The second-order valence-electron chi connectivity index (χ2n) is 1.62. The fourth-order valence-electron chi connectivity index (χ4n) is 0.619. The highest BCUT2D eigenvalue weighted by Crippen LogP contribution is 1.91. The van der Waals surface area contributed by atoms with Crippen LogP contribution in [0, 0.1) is 0 Å². The number of azo groups is 2. The van der Waals surface area contributed by atoms with Gasteiger partial charge in [-0.25, -0.2) is 0 Å². The van der Waals surface area contributed by atoms with E-state index in [2.05, 4.69) is 11.7 Å². The molecule has 1 rings (SSSR count). The molecule has 0 saturated heterocycles. The van der Waals surface area contributed by atoms with Crippen LogP contribution in [0.25, 0.3) is 0 Å². The Bertz CT molecular complexity index is 145. The van der Waals surface area contributed by atoms with Crippen molar-refractivity contribution in [2.24, 2.45) is 5.11 Å². The second-order valence-corrected chi connectivity index (χ2v) is 1.62. The number of hydrogen-bond donors (Lipinski definition) is 0. The Hall–Kier alpha value is -0.920. The molecule has 0 radical (unpaired) electrons. The average molecular weight is 109 g/mol. The zero-order chi connectivity index (χ0) is 5.82. The maximum Gasteiger partial charge on any atom is 0.194 e. The van der Waals surface area contributed by atoms with Gasteiger partial charge in [-0.05, 0) is 11.2 Å². The highest BCUT2D eigenvalue weighted by Gasteiger charge is 2.01. The van der Waals surface area contributed by atoms with Crippen molar-refractivity contribution in [1.82, 2.24) is 0 Å². The normalized spacial score (nSPS) is 16.2. The lowest BCUT2D eigenvalue weighted by Gasteiger charge is -1.78. The molecule has 2 heteroatoms. The smallest absolute Gasteiger partial charge is 0.0968 e. The fraction of sp³-hybridized carbons (Fsp3) is 0.333. The van der Waals surface area contributed by atoms with E-state index in [9.17, 15) is 0 Å². The first-order valence-electron chi connectivity index (χ1n) is 2.65. The lowest BCUT2D eigenvalue weighted by atomic mass is 10.6. The topological polar surface area (TPSA) is 15.4 Å². The van der Waals surface area contributed by atoms with Crippen LogP contribution in [-0.4, -0.2) is 17.8 Å². The van der Waals surface area contributed by atoms with Gasteiger partial charge in [-0.3, -0.25) is 0 Å². The lowest BCUT2D eigenvalue weighted by Crippen LogP contribution is -1.96. The molecule has 0 aliphatic carbocycles. The summed E-state index contributed by atoms with van der Waals surface area (Å²) >= 11 is 0. The Morgan fingerprint density at radius 1 is 1.88 bits per heavy atom. The third-order valence-corrected chi connectivity index (χ3v) is 0.962. The molecule has 0 atom stereocenters. The number of nitrogens with zero attached hydrogens (tertiary/aromatic N) is 2. The molecule has 0 spiro atoms. The van der Waals surface area contributed by atoms with Crippen LogP contribution in [0.3, 0.4) is 0 Å².